The molecule has 4 heteroatoms. The molecule has 1 amide bonds. The number of hydrogen-bond acceptors (Lipinski definition) is 2. The summed E-state index contributed by atoms with van der Waals surface area (Å²) in [7, 11) is 1.63. The maximum Gasteiger partial charge on any atom is 0.240 e. The van der Waals surface area contributed by atoms with Crippen molar-refractivity contribution in [3.63, 3.8) is 0 Å². The zero-order valence-corrected chi connectivity index (χ0v) is 8.96. The van der Waals surface area contributed by atoms with Crippen LogP contribution in [0.4, 0.5) is 10.1 Å². The predicted molar refractivity (Wildman–Crippen MR) is 58.4 cm³/mol. The van der Waals surface area contributed by atoms with Crippen LogP contribution in [0.1, 0.15) is 6.92 Å². The maximum absolute atomic E-state index is 12.9. The Morgan fingerprint density at radius 1 is 1.53 bits per heavy atom. The Morgan fingerprint density at radius 3 is 2.87 bits per heavy atom. The van der Waals surface area contributed by atoms with E-state index in [9.17, 15) is 9.18 Å². The van der Waals surface area contributed by atoms with Crippen LogP contribution in [0.15, 0.2) is 24.3 Å². The van der Waals surface area contributed by atoms with Crippen LogP contribution in [0.25, 0.3) is 0 Å². The minimum atomic E-state index is -0.337. The number of carbonyl (C=O) groups is 1. The zero-order chi connectivity index (χ0) is 11.3. The van der Waals surface area contributed by atoms with E-state index in [0.29, 0.717) is 5.69 Å². The molecule has 1 N–H and O–H groups in total. The lowest BCUT2D eigenvalue weighted by molar-refractivity contribution is -0.117. The zero-order valence-electron chi connectivity index (χ0n) is 8.96. The van der Waals surface area contributed by atoms with Crippen LogP contribution in [0, 0.1) is 5.82 Å². The van der Waals surface area contributed by atoms with Crippen molar-refractivity contribution in [2.75, 3.05) is 25.0 Å². The lowest BCUT2D eigenvalue weighted by Gasteiger charge is -2.17. The van der Waals surface area contributed by atoms with Gasteiger partial charge in [0.1, 0.15) is 5.82 Å². The van der Waals surface area contributed by atoms with Crippen molar-refractivity contribution in [2.24, 2.45) is 0 Å². The van der Waals surface area contributed by atoms with Crippen LogP contribution in [-0.4, -0.2) is 26.0 Å². The quantitative estimate of drug-likeness (QED) is 0.814. The lowest BCUT2D eigenvalue weighted by Crippen LogP contribution is -2.35. The van der Waals surface area contributed by atoms with Crippen LogP contribution >= 0.6 is 0 Å². The molecule has 1 aromatic rings. The molecule has 0 radical (unpaired) electrons. The standard InChI is InChI=1S/C11H15FN2O/c1-3-13-8-11(15)14(2)10-6-4-5-9(12)7-10/h4-7,13H,3,8H2,1-2H3. The number of nitrogens with zero attached hydrogens (tertiary/aromatic N) is 1. The lowest BCUT2D eigenvalue weighted by atomic mass is 10.3. The van der Waals surface area contributed by atoms with Crippen molar-refractivity contribution in [2.45, 2.75) is 6.92 Å². The fourth-order valence-corrected chi connectivity index (χ4v) is 1.18. The number of likely N-dealkylation sites (N-methyl/N-ethyl adjacent to an activating group) is 2. The van der Waals surface area contributed by atoms with E-state index in [4.69, 9.17) is 0 Å². The van der Waals surface area contributed by atoms with Gasteiger partial charge >= 0.3 is 0 Å². The molecule has 0 saturated heterocycles. The average molecular weight is 210 g/mol. The first-order chi connectivity index (χ1) is 7.15. The second kappa shape index (κ2) is 5.46. The van der Waals surface area contributed by atoms with Crippen LogP contribution < -0.4 is 10.2 Å². The highest BCUT2D eigenvalue weighted by atomic mass is 19.1. The van der Waals surface area contributed by atoms with Crippen LogP contribution in [-0.2, 0) is 4.79 Å². The van der Waals surface area contributed by atoms with Crippen molar-refractivity contribution in [3.8, 4) is 0 Å². The van der Waals surface area contributed by atoms with E-state index in [1.54, 1.807) is 19.2 Å². The second-order valence-corrected chi connectivity index (χ2v) is 3.21. The van der Waals surface area contributed by atoms with Crippen molar-refractivity contribution < 1.29 is 9.18 Å². The number of anilines is 1. The first-order valence-electron chi connectivity index (χ1n) is 4.88. The van der Waals surface area contributed by atoms with E-state index >= 15 is 0 Å². The van der Waals surface area contributed by atoms with Gasteiger partial charge in [-0.15, -0.1) is 0 Å². The molecule has 1 aromatic carbocycles. The average Bonchev–Trinajstić information content (AvgIpc) is 2.24. The SMILES string of the molecule is CCNCC(=O)N(C)c1cccc(F)c1. The molecule has 1 rings (SSSR count). The van der Waals surface area contributed by atoms with Gasteiger partial charge in [-0.1, -0.05) is 13.0 Å². The fourth-order valence-electron chi connectivity index (χ4n) is 1.18. The third-order valence-corrected chi connectivity index (χ3v) is 2.10. The molecule has 0 aliphatic heterocycles. The topological polar surface area (TPSA) is 32.3 Å². The Kier molecular flexibility index (Phi) is 4.24. The van der Waals surface area contributed by atoms with Gasteiger partial charge in [0.15, 0.2) is 0 Å². The third kappa shape index (κ3) is 3.32. The summed E-state index contributed by atoms with van der Waals surface area (Å²) in [6, 6.07) is 5.98. The summed E-state index contributed by atoms with van der Waals surface area (Å²) in [6.45, 7) is 2.93. The number of halogens is 1. The Hall–Kier alpha value is -1.42. The fraction of sp³-hybridized carbons (Fsp3) is 0.364. The molecule has 82 valence electrons. The molecule has 0 atom stereocenters. The Balaban J connectivity index is 2.67. The van der Waals surface area contributed by atoms with Gasteiger partial charge in [-0.2, -0.15) is 0 Å². The number of rotatable bonds is 4. The van der Waals surface area contributed by atoms with Gasteiger partial charge in [0.2, 0.25) is 5.91 Å². The molecular formula is C11H15FN2O. The molecule has 0 saturated carbocycles. The summed E-state index contributed by atoms with van der Waals surface area (Å²) in [5, 5.41) is 2.93. The highest BCUT2D eigenvalue weighted by molar-refractivity contribution is 5.94. The van der Waals surface area contributed by atoms with E-state index in [0.717, 1.165) is 6.54 Å². The van der Waals surface area contributed by atoms with Crippen LogP contribution in [0.2, 0.25) is 0 Å². The molecule has 0 aliphatic rings. The molecule has 0 aromatic heterocycles. The first-order valence-corrected chi connectivity index (χ1v) is 4.88. The largest absolute Gasteiger partial charge is 0.314 e. The Labute approximate surface area is 88.9 Å². The highest BCUT2D eigenvalue weighted by Crippen LogP contribution is 2.13. The van der Waals surface area contributed by atoms with Crippen LogP contribution in [0.3, 0.4) is 0 Å². The van der Waals surface area contributed by atoms with Crippen molar-refractivity contribution in [1.29, 1.82) is 0 Å². The molecule has 0 bridgehead atoms. The number of carbonyl (C=O) groups excluding carboxylic acids is 1. The summed E-state index contributed by atoms with van der Waals surface area (Å²) in [6.07, 6.45) is 0. The number of amides is 1. The first kappa shape index (κ1) is 11.7. The van der Waals surface area contributed by atoms with Crippen molar-refractivity contribution >= 4 is 11.6 Å². The molecule has 0 unspecified atom stereocenters. The normalized spacial score (nSPS) is 10.1. The van der Waals surface area contributed by atoms with Gasteiger partial charge in [0.25, 0.3) is 0 Å². The van der Waals surface area contributed by atoms with Gasteiger partial charge in [-0.25, -0.2) is 4.39 Å². The third-order valence-electron chi connectivity index (χ3n) is 2.10. The van der Waals surface area contributed by atoms with E-state index in [1.165, 1.54) is 17.0 Å². The molecule has 0 spiro atoms. The van der Waals surface area contributed by atoms with E-state index in [-0.39, 0.29) is 18.3 Å². The summed E-state index contributed by atoms with van der Waals surface area (Å²) < 4.78 is 12.9. The molecule has 0 aliphatic carbocycles. The minimum Gasteiger partial charge on any atom is -0.314 e. The van der Waals surface area contributed by atoms with Gasteiger partial charge in [0, 0.05) is 12.7 Å². The highest BCUT2D eigenvalue weighted by Gasteiger charge is 2.09. The summed E-state index contributed by atoms with van der Waals surface area (Å²) in [4.78, 5) is 13.0. The predicted octanol–water partition coefficient (Wildman–Crippen LogP) is 1.40. The van der Waals surface area contributed by atoms with E-state index in [2.05, 4.69) is 5.32 Å². The van der Waals surface area contributed by atoms with Crippen molar-refractivity contribution in [3.05, 3.63) is 30.1 Å². The van der Waals surface area contributed by atoms with Gasteiger partial charge in [-0.3, -0.25) is 4.79 Å². The Bertz CT molecular complexity index is 341. The van der Waals surface area contributed by atoms with Gasteiger partial charge in [-0.05, 0) is 24.7 Å². The molecule has 0 fully saturated rings. The monoisotopic (exact) mass is 210 g/mol. The maximum atomic E-state index is 12.9. The van der Waals surface area contributed by atoms with Gasteiger partial charge in [0.05, 0.1) is 6.54 Å². The smallest absolute Gasteiger partial charge is 0.240 e. The molecule has 15 heavy (non-hydrogen) atoms. The summed E-state index contributed by atoms with van der Waals surface area (Å²) in [5.41, 5.74) is 0.568. The van der Waals surface area contributed by atoms with Crippen molar-refractivity contribution in [1.82, 2.24) is 5.32 Å². The van der Waals surface area contributed by atoms with E-state index in [1.807, 2.05) is 6.92 Å². The minimum absolute atomic E-state index is 0.0811. The van der Waals surface area contributed by atoms with E-state index < -0.39 is 0 Å². The molecular weight excluding hydrogens is 195 g/mol. The van der Waals surface area contributed by atoms with Crippen LogP contribution in [0.5, 0.6) is 0 Å². The molecule has 3 nitrogen and oxygen atoms in total. The van der Waals surface area contributed by atoms with Gasteiger partial charge < -0.3 is 10.2 Å². The summed E-state index contributed by atoms with van der Waals surface area (Å²) in [5.74, 6) is -0.418. The molecule has 0 heterocycles. The second-order valence-electron chi connectivity index (χ2n) is 3.21. The number of benzene rings is 1. The number of hydrogen-bond donors (Lipinski definition) is 1. The Morgan fingerprint density at radius 2 is 2.27 bits per heavy atom. The summed E-state index contributed by atoms with van der Waals surface area (Å²) >= 11 is 0. The number of nitrogens with one attached hydrogen (secondary N) is 1.